The molecule has 22 nitrogen and oxygen atoms in total. The highest BCUT2D eigenvalue weighted by atomic mass is 79.9. The molecule has 0 aromatic rings. The van der Waals surface area contributed by atoms with Crippen LogP contribution in [0.15, 0.2) is 0 Å². The minimum atomic E-state index is -1.23. The SMILES string of the molecule is CN(C(=O)CCCCCCCCCCCCCCC(=O)O)C1CCC(C(=O)N[C@@H](CCC(=O)NCCOCCOCC(=O)NCCOCCOCC(=O)N[C@@H](CCCCNC(=O)CBr)C(=O)O)C(=O)O)CC1. The van der Waals surface area contributed by atoms with Gasteiger partial charge in [0.25, 0.3) is 0 Å². The van der Waals surface area contributed by atoms with Crippen molar-refractivity contribution < 1.29 is 77.4 Å². The maximum Gasteiger partial charge on any atom is 0.326 e. The number of halogens is 1. The molecule has 0 spiro atoms. The molecular formula is C49H85BrN6O16. The summed E-state index contributed by atoms with van der Waals surface area (Å²) >= 11 is 3.04. The summed E-state index contributed by atoms with van der Waals surface area (Å²) < 4.78 is 21.3. The maximum atomic E-state index is 13.0. The lowest BCUT2D eigenvalue weighted by atomic mass is 9.84. The van der Waals surface area contributed by atoms with E-state index in [1.165, 1.54) is 25.7 Å². The largest absolute Gasteiger partial charge is 0.481 e. The van der Waals surface area contributed by atoms with E-state index in [1.807, 2.05) is 7.05 Å². The second-order valence-corrected chi connectivity index (χ2v) is 18.6. The van der Waals surface area contributed by atoms with Crippen molar-refractivity contribution in [2.75, 3.05) is 84.9 Å². The number of nitrogens with one attached hydrogen (secondary N) is 5. The van der Waals surface area contributed by atoms with Gasteiger partial charge in [0.05, 0.1) is 45.0 Å². The van der Waals surface area contributed by atoms with Gasteiger partial charge >= 0.3 is 17.9 Å². The molecule has 0 unspecified atom stereocenters. The number of ether oxygens (including phenoxy) is 4. The maximum absolute atomic E-state index is 13.0. The van der Waals surface area contributed by atoms with Gasteiger partial charge in [-0.05, 0) is 64.2 Å². The highest BCUT2D eigenvalue weighted by Gasteiger charge is 2.32. The molecule has 1 rings (SSSR count). The van der Waals surface area contributed by atoms with E-state index < -0.39 is 41.8 Å². The fourth-order valence-electron chi connectivity index (χ4n) is 7.92. The molecule has 0 aliphatic heterocycles. The fraction of sp³-hybridized carbons (Fsp3) is 0.816. The molecular weight excluding hydrogens is 1010 g/mol. The molecule has 0 bridgehead atoms. The van der Waals surface area contributed by atoms with E-state index in [2.05, 4.69) is 42.5 Å². The molecule has 23 heteroatoms. The first-order chi connectivity index (χ1) is 34.6. The Morgan fingerprint density at radius 3 is 1.50 bits per heavy atom. The van der Waals surface area contributed by atoms with Gasteiger partial charge in [-0.15, -0.1) is 0 Å². The van der Waals surface area contributed by atoms with Crippen molar-refractivity contribution in [3.05, 3.63) is 0 Å². The van der Waals surface area contributed by atoms with Crippen molar-refractivity contribution in [3.8, 4) is 0 Å². The normalized spacial score (nSPS) is 15.1. The van der Waals surface area contributed by atoms with Gasteiger partial charge in [-0.3, -0.25) is 33.6 Å². The molecule has 1 aliphatic carbocycles. The number of unbranched alkanes of at least 4 members (excludes halogenated alkanes) is 12. The molecule has 0 heterocycles. The minimum absolute atomic E-state index is 0.0377. The smallest absolute Gasteiger partial charge is 0.326 e. The van der Waals surface area contributed by atoms with Crippen molar-refractivity contribution >= 4 is 69.3 Å². The lowest BCUT2D eigenvalue weighted by molar-refractivity contribution is -0.143. The van der Waals surface area contributed by atoms with E-state index in [0.29, 0.717) is 51.5 Å². The first kappa shape index (κ1) is 65.6. The van der Waals surface area contributed by atoms with Crippen LogP contribution >= 0.6 is 15.9 Å². The van der Waals surface area contributed by atoms with Crippen molar-refractivity contribution in [1.29, 1.82) is 0 Å². The quantitative estimate of drug-likeness (QED) is 0.0320. The van der Waals surface area contributed by atoms with E-state index in [9.17, 15) is 53.4 Å². The molecule has 414 valence electrons. The van der Waals surface area contributed by atoms with Gasteiger partial charge in [0, 0.05) is 57.9 Å². The monoisotopic (exact) mass is 1090 g/mol. The number of rotatable bonds is 46. The molecule has 1 saturated carbocycles. The van der Waals surface area contributed by atoms with Crippen molar-refractivity contribution in [2.24, 2.45) is 5.92 Å². The molecule has 0 aromatic carbocycles. The number of carbonyl (C=O) groups excluding carboxylic acids is 6. The van der Waals surface area contributed by atoms with Crippen molar-refractivity contribution in [2.45, 2.75) is 166 Å². The Balaban J connectivity index is 2.06. The molecule has 0 aromatic heterocycles. The summed E-state index contributed by atoms with van der Waals surface area (Å²) in [4.78, 5) is 109. The third kappa shape index (κ3) is 35.6. The average Bonchev–Trinajstić information content (AvgIpc) is 3.35. The topological polar surface area (TPSA) is 315 Å². The summed E-state index contributed by atoms with van der Waals surface area (Å²) in [5, 5.41) is 40.9. The number of aliphatic carboxylic acids is 3. The third-order valence-corrected chi connectivity index (χ3v) is 12.7. The number of nitrogens with zero attached hydrogens (tertiary/aromatic N) is 1. The standard InChI is InChI=1S/C49H85BrN6O16/c1-56(45(61)17-12-10-8-6-4-2-3-5-7-9-11-13-18-46(62)63)38-21-19-37(20-22-38)47(64)55-40(49(67)68)23-24-41(57)52-26-28-69-30-32-71-35-43(59)53-27-29-70-31-33-72-36-44(60)54-39(48(65)66)16-14-15-25-51-42(58)34-50/h37-40H,2-36H2,1H3,(H,51,58)(H,52,57)(H,53,59)(H,54,60)(H,55,64)(H,62,63)(H,65,66)(H,67,68)/t37?,38?,39-,40-/m0/s1. The van der Waals surface area contributed by atoms with Gasteiger partial charge in [-0.2, -0.15) is 0 Å². The van der Waals surface area contributed by atoms with E-state index in [1.54, 1.807) is 4.90 Å². The zero-order valence-corrected chi connectivity index (χ0v) is 44.1. The number of hydrogen-bond donors (Lipinski definition) is 8. The number of carbonyl (C=O) groups is 9. The fourth-order valence-corrected chi connectivity index (χ4v) is 8.12. The Hall–Kier alpha value is -4.45. The Bertz CT molecular complexity index is 1590. The highest BCUT2D eigenvalue weighted by Crippen LogP contribution is 2.28. The van der Waals surface area contributed by atoms with Crippen molar-refractivity contribution in [3.63, 3.8) is 0 Å². The van der Waals surface area contributed by atoms with Gasteiger partial charge in [0.2, 0.25) is 35.4 Å². The molecule has 0 saturated heterocycles. The summed E-state index contributed by atoms with van der Waals surface area (Å²) in [5.74, 6) is -5.25. The first-order valence-electron chi connectivity index (χ1n) is 25.8. The first-order valence-corrected chi connectivity index (χ1v) is 27.0. The predicted molar refractivity (Wildman–Crippen MR) is 269 cm³/mol. The minimum Gasteiger partial charge on any atom is -0.481 e. The van der Waals surface area contributed by atoms with Crippen LogP contribution in [0.2, 0.25) is 0 Å². The van der Waals surface area contributed by atoms with Crippen molar-refractivity contribution in [1.82, 2.24) is 31.5 Å². The van der Waals surface area contributed by atoms with E-state index in [-0.39, 0.29) is 133 Å². The Labute approximate surface area is 433 Å². The van der Waals surface area contributed by atoms with Gasteiger partial charge < -0.3 is 65.8 Å². The van der Waals surface area contributed by atoms with Gasteiger partial charge in [0.15, 0.2) is 0 Å². The number of amides is 6. The predicted octanol–water partition coefficient (Wildman–Crippen LogP) is 3.45. The number of alkyl halides is 1. The highest BCUT2D eigenvalue weighted by molar-refractivity contribution is 9.09. The van der Waals surface area contributed by atoms with Gasteiger partial charge in [-0.1, -0.05) is 80.1 Å². The van der Waals surface area contributed by atoms with Crippen LogP contribution in [0.25, 0.3) is 0 Å². The van der Waals surface area contributed by atoms with E-state index >= 15 is 0 Å². The summed E-state index contributed by atoms with van der Waals surface area (Å²) in [5.41, 5.74) is 0. The second-order valence-electron chi connectivity index (χ2n) is 18.1. The van der Waals surface area contributed by atoms with E-state index in [0.717, 1.165) is 51.4 Å². The molecule has 1 aliphatic rings. The molecule has 8 N–H and O–H groups in total. The average molecular weight is 1090 g/mol. The zero-order valence-electron chi connectivity index (χ0n) is 42.5. The Kier molecular flexibility index (Phi) is 39.2. The van der Waals surface area contributed by atoms with Gasteiger partial charge in [-0.25, -0.2) is 9.59 Å². The van der Waals surface area contributed by atoms with Crippen LogP contribution < -0.4 is 26.6 Å². The van der Waals surface area contributed by atoms with E-state index in [4.69, 9.17) is 24.1 Å². The summed E-state index contributed by atoms with van der Waals surface area (Å²) in [7, 11) is 1.82. The summed E-state index contributed by atoms with van der Waals surface area (Å²) in [6.07, 6.45) is 17.2. The van der Waals surface area contributed by atoms with Crippen LogP contribution in [0, 0.1) is 5.92 Å². The molecule has 72 heavy (non-hydrogen) atoms. The van der Waals surface area contributed by atoms with Crippen LogP contribution in [-0.2, 0) is 62.1 Å². The molecule has 2 atom stereocenters. The number of carboxylic acid groups (broad SMARTS) is 3. The summed E-state index contributed by atoms with van der Waals surface area (Å²) in [6.45, 7) is 1.04. The lowest BCUT2D eigenvalue weighted by Gasteiger charge is -2.34. The number of carboxylic acids is 3. The molecule has 6 amide bonds. The van der Waals surface area contributed by atoms with Crippen LogP contribution in [0.1, 0.15) is 148 Å². The molecule has 1 fully saturated rings. The zero-order chi connectivity index (χ0) is 53.2. The van der Waals surface area contributed by atoms with Crippen LogP contribution in [0.4, 0.5) is 0 Å². The second kappa shape index (κ2) is 43.0. The van der Waals surface area contributed by atoms with Crippen LogP contribution in [-0.4, -0.2) is 177 Å². The van der Waals surface area contributed by atoms with Gasteiger partial charge in [0.1, 0.15) is 25.3 Å². The molecule has 0 radical (unpaired) electrons. The Morgan fingerprint density at radius 1 is 0.500 bits per heavy atom. The van der Waals surface area contributed by atoms with Crippen LogP contribution in [0.3, 0.4) is 0 Å². The third-order valence-electron chi connectivity index (χ3n) is 12.2. The Morgan fingerprint density at radius 2 is 0.972 bits per heavy atom. The lowest BCUT2D eigenvalue weighted by Crippen LogP contribution is -2.46. The number of hydrogen-bond acceptors (Lipinski definition) is 13. The van der Waals surface area contributed by atoms with Crippen LogP contribution in [0.5, 0.6) is 0 Å². The summed E-state index contributed by atoms with van der Waals surface area (Å²) in [6, 6.07) is -2.26.